The smallest absolute Gasteiger partial charge is 0.0639 e. The van der Waals surface area contributed by atoms with Crippen LogP contribution in [0.15, 0.2) is 70.7 Å². The standard InChI is InChI=1S/C32H44N2/c1-4-7-10-12-14-18-28-20-16-23-30(25-28)33-27-32(22-9-6-3)34-31-24-17-21-29(26-31)19-15-13-11-8-5-2/h14-21,23-27H,4-13,22H2,1-3H3. The molecule has 0 aromatic heterocycles. The van der Waals surface area contributed by atoms with Crippen LogP contribution in [-0.4, -0.2) is 11.9 Å². The third kappa shape index (κ3) is 11.9. The molecule has 0 saturated carbocycles. The molecule has 0 unspecified atom stereocenters. The van der Waals surface area contributed by atoms with Crippen molar-refractivity contribution in [2.24, 2.45) is 9.98 Å². The van der Waals surface area contributed by atoms with Gasteiger partial charge in [-0.25, -0.2) is 0 Å². The average molecular weight is 457 g/mol. The molecule has 0 fully saturated rings. The molecule has 182 valence electrons. The topological polar surface area (TPSA) is 24.7 Å². The van der Waals surface area contributed by atoms with E-state index >= 15 is 0 Å². The molecule has 2 nitrogen and oxygen atoms in total. The second-order valence-electron chi connectivity index (χ2n) is 8.95. The van der Waals surface area contributed by atoms with Crippen LogP contribution in [0, 0.1) is 0 Å². The number of nitrogens with zero attached hydrogens (tertiary/aromatic N) is 2. The molecule has 0 amide bonds. The van der Waals surface area contributed by atoms with Gasteiger partial charge in [-0.3, -0.25) is 9.98 Å². The summed E-state index contributed by atoms with van der Waals surface area (Å²) in [4.78, 5) is 9.72. The Morgan fingerprint density at radius 1 is 0.676 bits per heavy atom. The van der Waals surface area contributed by atoms with Gasteiger partial charge in [0.25, 0.3) is 0 Å². The van der Waals surface area contributed by atoms with E-state index in [0.717, 1.165) is 49.2 Å². The Kier molecular flexibility index (Phi) is 14.3. The van der Waals surface area contributed by atoms with Crippen molar-refractivity contribution >= 4 is 35.5 Å². The fraction of sp³-hybridized carbons (Fsp3) is 0.438. The molecule has 2 heteroatoms. The number of unbranched alkanes of at least 4 members (excludes halogenated alkanes) is 7. The molecular formula is C32H44N2. The van der Waals surface area contributed by atoms with Gasteiger partial charge in [-0.2, -0.15) is 0 Å². The maximum Gasteiger partial charge on any atom is 0.0639 e. The van der Waals surface area contributed by atoms with Crippen molar-refractivity contribution < 1.29 is 0 Å². The first-order chi connectivity index (χ1) is 16.7. The Bertz CT molecular complexity index is 934. The minimum Gasteiger partial charge on any atom is -0.255 e. The van der Waals surface area contributed by atoms with Crippen LogP contribution in [0.5, 0.6) is 0 Å². The van der Waals surface area contributed by atoms with Gasteiger partial charge in [0, 0.05) is 6.21 Å². The van der Waals surface area contributed by atoms with E-state index in [4.69, 9.17) is 9.98 Å². The first-order valence-corrected chi connectivity index (χ1v) is 13.4. The fourth-order valence-corrected chi connectivity index (χ4v) is 3.69. The number of hydrogen-bond acceptors (Lipinski definition) is 2. The van der Waals surface area contributed by atoms with Gasteiger partial charge in [0.15, 0.2) is 0 Å². The van der Waals surface area contributed by atoms with Crippen molar-refractivity contribution in [2.45, 2.75) is 91.4 Å². The zero-order chi connectivity index (χ0) is 24.3. The van der Waals surface area contributed by atoms with Gasteiger partial charge >= 0.3 is 0 Å². The van der Waals surface area contributed by atoms with Crippen molar-refractivity contribution in [3.8, 4) is 0 Å². The molecule has 0 aliphatic carbocycles. The van der Waals surface area contributed by atoms with E-state index in [1.165, 1.54) is 49.7 Å². The van der Waals surface area contributed by atoms with Crippen LogP contribution in [0.1, 0.15) is 103 Å². The maximum atomic E-state index is 4.95. The van der Waals surface area contributed by atoms with Crippen LogP contribution in [0.3, 0.4) is 0 Å². The molecule has 2 rings (SSSR count). The summed E-state index contributed by atoms with van der Waals surface area (Å²) in [5.74, 6) is 0. The van der Waals surface area contributed by atoms with E-state index in [-0.39, 0.29) is 0 Å². The highest BCUT2D eigenvalue weighted by atomic mass is 14.8. The number of allylic oxidation sites excluding steroid dienone is 2. The molecule has 0 aliphatic rings. The molecule has 0 N–H and O–H groups in total. The third-order valence-corrected chi connectivity index (χ3v) is 5.73. The summed E-state index contributed by atoms with van der Waals surface area (Å²) in [6, 6.07) is 16.9. The summed E-state index contributed by atoms with van der Waals surface area (Å²) < 4.78 is 0. The van der Waals surface area contributed by atoms with Gasteiger partial charge in [-0.1, -0.05) is 101 Å². The van der Waals surface area contributed by atoms with Crippen molar-refractivity contribution in [3.05, 3.63) is 71.8 Å². The molecule has 2 aromatic rings. The first-order valence-electron chi connectivity index (χ1n) is 13.4. The summed E-state index contributed by atoms with van der Waals surface area (Å²) in [5.41, 5.74) is 5.42. The second-order valence-corrected chi connectivity index (χ2v) is 8.95. The summed E-state index contributed by atoms with van der Waals surface area (Å²) >= 11 is 0. The van der Waals surface area contributed by atoms with Gasteiger partial charge in [0.2, 0.25) is 0 Å². The Morgan fingerprint density at radius 3 is 1.82 bits per heavy atom. The monoisotopic (exact) mass is 456 g/mol. The lowest BCUT2D eigenvalue weighted by Gasteiger charge is -2.03. The zero-order valence-electron chi connectivity index (χ0n) is 21.7. The van der Waals surface area contributed by atoms with E-state index in [0.29, 0.717) is 0 Å². The number of aliphatic imine (C=N–C) groups is 2. The molecule has 2 aromatic carbocycles. The van der Waals surface area contributed by atoms with Gasteiger partial charge < -0.3 is 0 Å². The highest BCUT2D eigenvalue weighted by molar-refractivity contribution is 6.31. The molecule has 0 atom stereocenters. The molecule has 0 bridgehead atoms. The third-order valence-electron chi connectivity index (χ3n) is 5.73. The minimum atomic E-state index is 0.939. The molecule has 0 radical (unpaired) electrons. The first kappa shape index (κ1) is 27.5. The van der Waals surface area contributed by atoms with E-state index in [9.17, 15) is 0 Å². The summed E-state index contributed by atoms with van der Waals surface area (Å²) in [6.07, 6.45) is 24.1. The minimum absolute atomic E-state index is 0.939. The molecule has 0 aliphatic heterocycles. The van der Waals surface area contributed by atoms with Crippen molar-refractivity contribution in [1.82, 2.24) is 0 Å². The number of rotatable bonds is 16. The van der Waals surface area contributed by atoms with Gasteiger partial charge in [-0.15, -0.1) is 0 Å². The van der Waals surface area contributed by atoms with Crippen molar-refractivity contribution in [1.29, 1.82) is 0 Å². The lowest BCUT2D eigenvalue weighted by atomic mass is 10.1. The number of hydrogen-bond donors (Lipinski definition) is 0. The van der Waals surface area contributed by atoms with Crippen LogP contribution in [-0.2, 0) is 0 Å². The summed E-state index contributed by atoms with van der Waals surface area (Å²) in [7, 11) is 0. The van der Waals surface area contributed by atoms with E-state index < -0.39 is 0 Å². The SMILES string of the molecule is CCCCCC=Cc1cccc(N=CC(CCCC)=Nc2cccc(C=CCCCCC)c2)c1. The highest BCUT2D eigenvalue weighted by Gasteiger charge is 1.99. The largest absolute Gasteiger partial charge is 0.255 e. The van der Waals surface area contributed by atoms with Gasteiger partial charge in [-0.05, 0) is 73.9 Å². The molecular weight excluding hydrogens is 412 g/mol. The van der Waals surface area contributed by atoms with Crippen LogP contribution >= 0.6 is 0 Å². The molecule has 0 heterocycles. The normalized spacial score (nSPS) is 12.5. The van der Waals surface area contributed by atoms with E-state index in [1.807, 2.05) is 6.21 Å². The number of benzene rings is 2. The van der Waals surface area contributed by atoms with Crippen LogP contribution in [0.25, 0.3) is 12.2 Å². The maximum absolute atomic E-state index is 4.95. The van der Waals surface area contributed by atoms with Crippen LogP contribution < -0.4 is 0 Å². The van der Waals surface area contributed by atoms with Crippen molar-refractivity contribution in [3.63, 3.8) is 0 Å². The highest BCUT2D eigenvalue weighted by Crippen LogP contribution is 2.19. The predicted molar refractivity (Wildman–Crippen MR) is 154 cm³/mol. The Hall–Kier alpha value is -2.74. The van der Waals surface area contributed by atoms with Crippen LogP contribution in [0.2, 0.25) is 0 Å². The van der Waals surface area contributed by atoms with E-state index in [1.54, 1.807) is 0 Å². The second kappa shape index (κ2) is 17.7. The average Bonchev–Trinajstić information content (AvgIpc) is 2.86. The molecule has 34 heavy (non-hydrogen) atoms. The Labute approximate surface area is 208 Å². The quantitative estimate of drug-likeness (QED) is 0.177. The fourth-order valence-electron chi connectivity index (χ4n) is 3.69. The van der Waals surface area contributed by atoms with Gasteiger partial charge in [0.05, 0.1) is 17.1 Å². The Morgan fingerprint density at radius 2 is 1.24 bits per heavy atom. The summed E-state index contributed by atoms with van der Waals surface area (Å²) in [6.45, 7) is 6.70. The summed E-state index contributed by atoms with van der Waals surface area (Å²) in [5, 5.41) is 0. The lowest BCUT2D eigenvalue weighted by Crippen LogP contribution is -1.99. The predicted octanol–water partition coefficient (Wildman–Crippen LogP) is 10.5. The van der Waals surface area contributed by atoms with Crippen molar-refractivity contribution in [2.75, 3.05) is 0 Å². The molecule has 0 spiro atoms. The zero-order valence-corrected chi connectivity index (χ0v) is 21.7. The lowest BCUT2D eigenvalue weighted by molar-refractivity contribution is 0.730. The van der Waals surface area contributed by atoms with E-state index in [2.05, 4.69) is 93.6 Å². The Balaban J connectivity index is 2.09. The van der Waals surface area contributed by atoms with Crippen LogP contribution in [0.4, 0.5) is 11.4 Å². The molecule has 0 saturated heterocycles. The van der Waals surface area contributed by atoms with Gasteiger partial charge in [0.1, 0.15) is 0 Å².